The Labute approximate surface area is 74.3 Å². The second-order valence-corrected chi connectivity index (χ2v) is 2.95. The molecule has 0 aromatic heterocycles. The van der Waals surface area contributed by atoms with Crippen molar-refractivity contribution in [3.63, 3.8) is 0 Å². The quantitative estimate of drug-likeness (QED) is 0.468. The van der Waals surface area contributed by atoms with Gasteiger partial charge in [-0.1, -0.05) is 0 Å². The van der Waals surface area contributed by atoms with Crippen molar-refractivity contribution in [2.24, 2.45) is 10.2 Å². The molecule has 0 bridgehead atoms. The second kappa shape index (κ2) is 3.43. The van der Waals surface area contributed by atoms with E-state index in [1.54, 1.807) is 4.90 Å². The van der Waals surface area contributed by atoms with Crippen LogP contribution in [-0.2, 0) is 0 Å². The normalized spacial score (nSPS) is 24.2. The molecule has 1 aliphatic rings. The molecule has 12 heavy (non-hydrogen) atoms. The first-order chi connectivity index (χ1) is 5.55. The second-order valence-electron chi connectivity index (χ2n) is 2.79. The van der Waals surface area contributed by atoms with Gasteiger partial charge in [-0.3, -0.25) is 0 Å². The summed E-state index contributed by atoms with van der Waals surface area (Å²) in [5.41, 5.74) is 5.34. The van der Waals surface area contributed by atoms with Gasteiger partial charge >= 0.3 is 0 Å². The highest BCUT2D eigenvalue weighted by molar-refractivity contribution is 6.19. The van der Waals surface area contributed by atoms with Crippen LogP contribution < -0.4 is 5.73 Å². The Balaban J connectivity index is 2.47. The molecule has 0 amide bonds. The van der Waals surface area contributed by atoms with Crippen LogP contribution in [0.15, 0.2) is 4.51 Å². The molecule has 0 unspecified atom stereocenters. The third-order valence-corrected chi connectivity index (χ3v) is 2.08. The molecule has 0 aromatic carbocycles. The fourth-order valence-corrected chi connectivity index (χ4v) is 1.22. The van der Waals surface area contributed by atoms with Crippen LogP contribution in [0.3, 0.4) is 0 Å². The first kappa shape index (κ1) is 9.51. The van der Waals surface area contributed by atoms with Crippen LogP contribution in [0.4, 0.5) is 8.78 Å². The highest BCUT2D eigenvalue weighted by atomic mass is 35.5. The molecule has 0 spiro atoms. The topological polar surface area (TPSA) is 41.6 Å². The van der Waals surface area contributed by atoms with Gasteiger partial charge in [0.1, 0.15) is 0 Å². The summed E-state index contributed by atoms with van der Waals surface area (Å²) in [6.45, 7) is 0.435. The van der Waals surface area contributed by atoms with E-state index in [9.17, 15) is 8.78 Å². The van der Waals surface area contributed by atoms with E-state index in [0.29, 0.717) is 0 Å². The summed E-state index contributed by atoms with van der Waals surface area (Å²) < 4.78 is 28.4. The fraction of sp³-hybridized carbons (Fsp3) is 0.833. The number of piperidine rings is 1. The van der Waals surface area contributed by atoms with Crippen LogP contribution >= 0.6 is 11.8 Å². The zero-order valence-electron chi connectivity index (χ0n) is 6.43. The Morgan fingerprint density at radius 3 is 2.33 bits per heavy atom. The Hall–Kier alpha value is -0.580. The molecule has 6 heteroatoms. The van der Waals surface area contributed by atoms with Crippen molar-refractivity contribution < 1.29 is 8.78 Å². The number of nitrogens with two attached hydrogens (primary N) is 1. The van der Waals surface area contributed by atoms with E-state index in [1.165, 1.54) is 0 Å². The zero-order chi connectivity index (χ0) is 9.19. The molecule has 3 nitrogen and oxygen atoms in total. The molecule has 2 N–H and O–H groups in total. The molecule has 0 atom stereocenters. The lowest BCUT2D eigenvalue weighted by atomic mass is 10.1. The summed E-state index contributed by atoms with van der Waals surface area (Å²) in [6, 6.07) is 0. The Morgan fingerprint density at radius 2 is 1.92 bits per heavy atom. The molecule has 1 saturated heterocycles. The predicted molar refractivity (Wildman–Crippen MR) is 43.2 cm³/mol. The molecule has 70 valence electrons. The van der Waals surface area contributed by atoms with Crippen molar-refractivity contribution in [2.45, 2.75) is 18.8 Å². The molecule has 0 aliphatic carbocycles. The molecule has 1 rings (SSSR count). The fourth-order valence-electron chi connectivity index (χ4n) is 1.12. The molecule has 0 saturated carbocycles. The van der Waals surface area contributed by atoms with E-state index >= 15 is 0 Å². The maximum Gasteiger partial charge on any atom is 0.251 e. The average Bonchev–Trinajstić information content (AvgIpc) is 2.03. The summed E-state index contributed by atoms with van der Waals surface area (Å²) >= 11 is 5.09. The Morgan fingerprint density at radius 1 is 1.42 bits per heavy atom. The van der Waals surface area contributed by atoms with Gasteiger partial charge in [-0.05, 0) is 0 Å². The minimum atomic E-state index is -2.55. The first-order valence-corrected chi connectivity index (χ1v) is 3.96. The zero-order valence-corrected chi connectivity index (χ0v) is 7.19. The third kappa shape index (κ3) is 2.20. The van der Waals surface area contributed by atoms with Crippen LogP contribution in [0.2, 0.25) is 0 Å². The van der Waals surface area contributed by atoms with Gasteiger partial charge < -0.3 is 10.6 Å². The molecule has 1 heterocycles. The van der Waals surface area contributed by atoms with Crippen molar-refractivity contribution in [1.82, 2.24) is 4.90 Å². The first-order valence-electron chi connectivity index (χ1n) is 3.62. The molecular formula is C6H10ClF2N3. The Kier molecular flexibility index (Phi) is 2.72. The third-order valence-electron chi connectivity index (χ3n) is 1.91. The van der Waals surface area contributed by atoms with Gasteiger partial charge in [-0.2, -0.15) is 0 Å². The van der Waals surface area contributed by atoms with Crippen molar-refractivity contribution in [2.75, 3.05) is 13.1 Å². The summed E-state index contributed by atoms with van der Waals surface area (Å²) in [7, 11) is 0. The van der Waals surface area contributed by atoms with E-state index < -0.39 is 5.92 Å². The summed E-state index contributed by atoms with van der Waals surface area (Å²) in [5, 5.41) is 0. The Bertz CT molecular complexity index is 185. The van der Waals surface area contributed by atoms with E-state index in [2.05, 4.69) is 4.51 Å². The van der Waals surface area contributed by atoms with E-state index in [4.69, 9.17) is 17.5 Å². The van der Waals surface area contributed by atoms with E-state index in [0.717, 1.165) is 0 Å². The van der Waals surface area contributed by atoms with Gasteiger partial charge in [0, 0.05) is 37.7 Å². The van der Waals surface area contributed by atoms with Crippen LogP contribution in [-0.4, -0.2) is 29.9 Å². The van der Waals surface area contributed by atoms with Crippen LogP contribution in [0.1, 0.15) is 12.8 Å². The van der Waals surface area contributed by atoms with Gasteiger partial charge in [-0.15, -0.1) is 4.51 Å². The lowest BCUT2D eigenvalue weighted by molar-refractivity contribution is -0.0435. The number of rotatable bonds is 0. The highest BCUT2D eigenvalue weighted by Gasteiger charge is 2.34. The summed E-state index contributed by atoms with van der Waals surface area (Å²) in [5.74, 6) is -2.43. The monoisotopic (exact) mass is 197 g/mol. The molecule has 1 aliphatic heterocycles. The smallest absolute Gasteiger partial charge is 0.251 e. The summed E-state index contributed by atoms with van der Waals surface area (Å²) in [6.07, 6.45) is -0.361. The lowest BCUT2D eigenvalue weighted by Crippen LogP contribution is -2.45. The van der Waals surface area contributed by atoms with Gasteiger partial charge in [0.2, 0.25) is 5.96 Å². The van der Waals surface area contributed by atoms with Crippen molar-refractivity contribution in [1.29, 1.82) is 0 Å². The van der Waals surface area contributed by atoms with Crippen LogP contribution in [0.5, 0.6) is 0 Å². The van der Waals surface area contributed by atoms with Gasteiger partial charge in [0.25, 0.3) is 5.92 Å². The number of hydrogen-bond acceptors (Lipinski definition) is 1. The number of nitrogens with zero attached hydrogens (tertiary/aromatic N) is 2. The van der Waals surface area contributed by atoms with E-state index in [1.807, 2.05) is 0 Å². The molecule has 0 radical (unpaired) electrons. The maximum atomic E-state index is 12.6. The SMILES string of the molecule is NC(=NCl)N1CCC(F)(F)CC1. The minimum absolute atomic E-state index is 0.118. The summed E-state index contributed by atoms with van der Waals surface area (Å²) in [4.78, 5) is 1.55. The van der Waals surface area contributed by atoms with Crippen LogP contribution in [0, 0.1) is 0 Å². The number of alkyl halides is 2. The van der Waals surface area contributed by atoms with Crippen LogP contribution in [0.25, 0.3) is 0 Å². The standard InChI is InChI=1S/C6H10ClF2N3/c7-11-5(10)12-3-1-6(8,9)2-4-12/h1-4H2,(H2,10,11). The lowest BCUT2D eigenvalue weighted by Gasteiger charge is -2.31. The number of hydrogen-bond donors (Lipinski definition) is 1. The van der Waals surface area contributed by atoms with Crippen molar-refractivity contribution >= 4 is 17.7 Å². The largest absolute Gasteiger partial charge is 0.369 e. The number of guanidine groups is 1. The number of likely N-dealkylation sites (tertiary alicyclic amines) is 1. The number of halogens is 3. The highest BCUT2D eigenvalue weighted by Crippen LogP contribution is 2.27. The minimum Gasteiger partial charge on any atom is -0.369 e. The maximum absolute atomic E-state index is 12.6. The molecule has 1 fully saturated rings. The van der Waals surface area contributed by atoms with E-state index in [-0.39, 0.29) is 31.9 Å². The van der Waals surface area contributed by atoms with Gasteiger partial charge in [-0.25, -0.2) is 8.78 Å². The van der Waals surface area contributed by atoms with Crippen molar-refractivity contribution in [3.05, 3.63) is 0 Å². The molecular weight excluding hydrogens is 188 g/mol. The van der Waals surface area contributed by atoms with Gasteiger partial charge in [0.15, 0.2) is 0 Å². The predicted octanol–water partition coefficient (Wildman–Crippen LogP) is 1.19. The molecule has 0 aromatic rings. The average molecular weight is 198 g/mol. The van der Waals surface area contributed by atoms with Crippen molar-refractivity contribution in [3.8, 4) is 0 Å². The van der Waals surface area contributed by atoms with Gasteiger partial charge in [0.05, 0.1) is 0 Å².